The van der Waals surface area contributed by atoms with Crippen molar-refractivity contribution < 1.29 is 19.4 Å². The number of carbonyl (C=O) groups is 1. The normalized spacial score (nSPS) is 16.3. The van der Waals surface area contributed by atoms with Gasteiger partial charge in [0.15, 0.2) is 0 Å². The highest BCUT2D eigenvalue weighted by Crippen LogP contribution is 2.29. The molecule has 9 nitrogen and oxygen atoms in total. The smallest absolute Gasteiger partial charge is 0.326 e. The highest BCUT2D eigenvalue weighted by atomic mass is 16.5. The summed E-state index contributed by atoms with van der Waals surface area (Å²) in [4.78, 5) is 29.7. The molecule has 1 fully saturated rings. The summed E-state index contributed by atoms with van der Waals surface area (Å²) in [6.07, 6.45) is 2.66. The molecule has 2 N–H and O–H groups in total. The number of aryl methyl sites for hydroxylation is 2. The second-order valence-electron chi connectivity index (χ2n) is 10.3. The summed E-state index contributed by atoms with van der Waals surface area (Å²) in [6, 6.07) is 7.12. The van der Waals surface area contributed by atoms with E-state index < -0.39 is 18.1 Å². The predicted molar refractivity (Wildman–Crippen MR) is 142 cm³/mol. The molecule has 0 unspecified atom stereocenters. The third-order valence-electron chi connectivity index (χ3n) is 6.83. The van der Waals surface area contributed by atoms with Crippen molar-refractivity contribution in [1.29, 1.82) is 0 Å². The van der Waals surface area contributed by atoms with Crippen LogP contribution >= 0.6 is 0 Å². The first-order valence-electron chi connectivity index (χ1n) is 13.0. The number of esters is 1. The Morgan fingerprint density at radius 3 is 2.62 bits per heavy atom. The Labute approximate surface area is 217 Å². The largest absolute Gasteiger partial charge is 0.462 e. The van der Waals surface area contributed by atoms with Gasteiger partial charge in [-0.3, -0.25) is 14.9 Å². The maximum Gasteiger partial charge on any atom is 0.326 e. The first-order valence-corrected chi connectivity index (χ1v) is 13.0. The number of hydrogen-bond donors (Lipinski definition) is 2. The van der Waals surface area contributed by atoms with Crippen molar-refractivity contribution in [2.24, 2.45) is 13.0 Å². The lowest BCUT2D eigenvalue weighted by molar-refractivity contribution is -0.152. The van der Waals surface area contributed by atoms with Gasteiger partial charge in [-0.25, -0.2) is 4.98 Å². The van der Waals surface area contributed by atoms with Crippen LogP contribution in [0.4, 0.5) is 0 Å². The van der Waals surface area contributed by atoms with Crippen LogP contribution in [0.2, 0.25) is 0 Å². The predicted octanol–water partition coefficient (Wildman–Crippen LogP) is 2.93. The van der Waals surface area contributed by atoms with Gasteiger partial charge in [-0.15, -0.1) is 0 Å². The average Bonchev–Trinajstić information content (AvgIpc) is 3.20. The van der Waals surface area contributed by atoms with E-state index in [1.54, 1.807) is 32.4 Å². The SMILES string of the molecule is Cc1cc(-c2nc3ccc(CN[C@H](C(=O)OC(C)C)[C@@H](C)O)cc3n2CC2CCOCC2)cn(C)c1=O. The zero-order valence-corrected chi connectivity index (χ0v) is 22.4. The van der Waals surface area contributed by atoms with E-state index in [4.69, 9.17) is 14.5 Å². The number of nitrogens with zero attached hydrogens (tertiary/aromatic N) is 3. The number of rotatable bonds is 9. The van der Waals surface area contributed by atoms with E-state index in [1.807, 2.05) is 31.3 Å². The molecule has 1 saturated heterocycles. The fraction of sp³-hybridized carbons (Fsp3) is 0.536. The minimum atomic E-state index is -0.895. The Bertz CT molecular complexity index is 1280. The molecule has 3 heterocycles. The molecule has 0 spiro atoms. The van der Waals surface area contributed by atoms with Crippen molar-refractivity contribution in [3.05, 3.63) is 51.9 Å². The monoisotopic (exact) mass is 510 g/mol. The number of imidazole rings is 1. The number of benzene rings is 1. The Morgan fingerprint density at radius 2 is 1.97 bits per heavy atom. The first kappa shape index (κ1) is 27.0. The van der Waals surface area contributed by atoms with Crippen molar-refractivity contribution in [1.82, 2.24) is 19.4 Å². The van der Waals surface area contributed by atoms with Crippen molar-refractivity contribution in [2.45, 2.75) is 71.9 Å². The topological polar surface area (TPSA) is 108 Å². The summed E-state index contributed by atoms with van der Waals surface area (Å²) in [5.74, 6) is 0.821. The highest BCUT2D eigenvalue weighted by molar-refractivity contribution is 5.81. The lowest BCUT2D eigenvalue weighted by atomic mass is 10.00. The molecule has 0 radical (unpaired) electrons. The molecule has 37 heavy (non-hydrogen) atoms. The molecule has 0 aliphatic carbocycles. The Hall–Kier alpha value is -3.01. The van der Waals surface area contributed by atoms with Gasteiger partial charge < -0.3 is 23.7 Å². The summed E-state index contributed by atoms with van der Waals surface area (Å²) in [5.41, 5.74) is 4.37. The molecule has 2 atom stereocenters. The zero-order chi connectivity index (χ0) is 26.7. The molecule has 0 bridgehead atoms. The third kappa shape index (κ3) is 6.29. The lowest BCUT2D eigenvalue weighted by Crippen LogP contribution is -2.46. The molecular weight excluding hydrogens is 472 g/mol. The number of nitrogens with one attached hydrogen (secondary N) is 1. The summed E-state index contributed by atoms with van der Waals surface area (Å²) < 4.78 is 14.7. The third-order valence-corrected chi connectivity index (χ3v) is 6.83. The number of aliphatic hydroxyl groups is 1. The van der Waals surface area contributed by atoms with Gasteiger partial charge in [0.2, 0.25) is 0 Å². The van der Waals surface area contributed by atoms with E-state index in [2.05, 4.69) is 16.0 Å². The van der Waals surface area contributed by atoms with Crippen molar-refractivity contribution in [2.75, 3.05) is 13.2 Å². The van der Waals surface area contributed by atoms with Gasteiger partial charge in [0.05, 0.1) is 23.2 Å². The molecular formula is C28H38N4O5. The van der Waals surface area contributed by atoms with Crippen LogP contribution in [0.15, 0.2) is 35.3 Å². The second kappa shape index (κ2) is 11.6. The van der Waals surface area contributed by atoms with Crippen LogP contribution in [0.5, 0.6) is 0 Å². The number of aromatic nitrogens is 3. The Balaban J connectivity index is 1.69. The number of hydrogen-bond acceptors (Lipinski definition) is 7. The maximum absolute atomic E-state index is 12.5. The van der Waals surface area contributed by atoms with Crippen LogP contribution in [-0.4, -0.2) is 56.7 Å². The van der Waals surface area contributed by atoms with Crippen molar-refractivity contribution in [3.63, 3.8) is 0 Å². The summed E-state index contributed by atoms with van der Waals surface area (Å²) in [6.45, 7) is 9.67. The van der Waals surface area contributed by atoms with Gasteiger partial charge in [-0.1, -0.05) is 6.07 Å². The van der Waals surface area contributed by atoms with Gasteiger partial charge in [0.1, 0.15) is 11.9 Å². The first-order chi connectivity index (χ1) is 17.6. The molecule has 9 heteroatoms. The van der Waals surface area contributed by atoms with Crippen LogP contribution in [0, 0.1) is 12.8 Å². The standard InChI is InChI=1S/C28H38N4O5/c1-17(2)37-28(35)25(19(4)33)29-14-21-6-7-23-24(13-21)32(15-20-8-10-36-11-9-20)26(30-23)22-12-18(3)27(34)31(5)16-22/h6-7,12-13,16-17,19-20,25,29,33H,8-11,14-15H2,1-5H3/t19-,25+/m1/s1. The van der Waals surface area contributed by atoms with Crippen molar-refractivity contribution >= 4 is 17.0 Å². The van der Waals surface area contributed by atoms with Crippen LogP contribution in [0.3, 0.4) is 0 Å². The van der Waals surface area contributed by atoms with Crippen LogP contribution in [0.1, 0.15) is 44.7 Å². The molecule has 3 aromatic rings. The van der Waals surface area contributed by atoms with E-state index in [-0.39, 0.29) is 11.7 Å². The fourth-order valence-corrected chi connectivity index (χ4v) is 4.85. The molecule has 2 aromatic heterocycles. The van der Waals surface area contributed by atoms with E-state index >= 15 is 0 Å². The van der Waals surface area contributed by atoms with Crippen molar-refractivity contribution in [3.8, 4) is 11.4 Å². The van der Waals surface area contributed by atoms with E-state index in [0.29, 0.717) is 18.0 Å². The summed E-state index contributed by atoms with van der Waals surface area (Å²) in [7, 11) is 1.76. The van der Waals surface area contributed by atoms with Gasteiger partial charge in [0.25, 0.3) is 5.56 Å². The summed E-state index contributed by atoms with van der Waals surface area (Å²) >= 11 is 0. The molecule has 1 aliphatic heterocycles. The van der Waals surface area contributed by atoms with E-state index in [9.17, 15) is 14.7 Å². The van der Waals surface area contributed by atoms with Gasteiger partial charge in [0, 0.05) is 50.7 Å². The van der Waals surface area contributed by atoms with Gasteiger partial charge in [-0.05, 0) is 70.2 Å². The average molecular weight is 511 g/mol. The number of pyridine rings is 1. The number of fused-ring (bicyclic) bond motifs is 1. The molecule has 1 aromatic carbocycles. The number of aliphatic hydroxyl groups excluding tert-OH is 1. The zero-order valence-electron chi connectivity index (χ0n) is 22.4. The molecule has 4 rings (SSSR count). The fourth-order valence-electron chi connectivity index (χ4n) is 4.85. The molecule has 1 aliphatic rings. The van der Waals surface area contributed by atoms with E-state index in [1.165, 1.54) is 0 Å². The number of carbonyl (C=O) groups excluding carboxylic acids is 1. The Kier molecular flexibility index (Phi) is 8.46. The maximum atomic E-state index is 12.5. The minimum Gasteiger partial charge on any atom is -0.462 e. The molecule has 200 valence electrons. The van der Waals surface area contributed by atoms with Gasteiger partial charge >= 0.3 is 5.97 Å². The summed E-state index contributed by atoms with van der Waals surface area (Å²) in [5, 5.41) is 13.3. The number of ether oxygens (including phenoxy) is 2. The minimum absolute atomic E-state index is 0.0205. The Morgan fingerprint density at radius 1 is 1.24 bits per heavy atom. The highest BCUT2D eigenvalue weighted by Gasteiger charge is 2.26. The molecule has 0 amide bonds. The van der Waals surface area contributed by atoms with Crippen LogP contribution in [0.25, 0.3) is 22.4 Å². The molecule has 0 saturated carbocycles. The lowest BCUT2D eigenvalue weighted by Gasteiger charge is -2.24. The van der Waals surface area contributed by atoms with Gasteiger partial charge in [-0.2, -0.15) is 0 Å². The second-order valence-corrected chi connectivity index (χ2v) is 10.3. The quantitative estimate of drug-likeness (QED) is 0.426. The van der Waals surface area contributed by atoms with Crippen LogP contribution in [-0.2, 0) is 34.4 Å². The van der Waals surface area contributed by atoms with Crippen LogP contribution < -0.4 is 10.9 Å². The van der Waals surface area contributed by atoms with E-state index in [0.717, 1.165) is 60.6 Å².